The van der Waals surface area contributed by atoms with Gasteiger partial charge in [0.1, 0.15) is 0 Å². The van der Waals surface area contributed by atoms with E-state index < -0.39 is 27.2 Å². The van der Waals surface area contributed by atoms with Crippen LogP contribution in [0, 0.1) is 0 Å². The molecule has 0 radical (unpaired) electrons. The first kappa shape index (κ1) is 23.7. The second-order valence-electron chi connectivity index (χ2n) is 7.22. The quantitative estimate of drug-likeness (QED) is 0.401. The van der Waals surface area contributed by atoms with Crippen LogP contribution in [0.25, 0.3) is 10.9 Å². The molecule has 0 fully saturated rings. The number of rotatable bonds is 5. The fraction of sp³-hybridized carbons (Fsp3) is 0.0909. The molecule has 2 aromatic carbocycles. The fourth-order valence-corrected chi connectivity index (χ4v) is 4.97. The van der Waals surface area contributed by atoms with E-state index in [0.717, 1.165) is 9.69 Å². The molecule has 0 unspecified atom stereocenters. The Balaban J connectivity index is 2.08. The van der Waals surface area contributed by atoms with E-state index in [-0.39, 0.29) is 36.4 Å². The minimum atomic E-state index is -4.64. The van der Waals surface area contributed by atoms with Gasteiger partial charge < -0.3 is 0 Å². The van der Waals surface area contributed by atoms with Crippen LogP contribution in [-0.2, 0) is 21.4 Å². The summed E-state index contributed by atoms with van der Waals surface area (Å²) in [6, 6.07) is 12.3. The summed E-state index contributed by atoms with van der Waals surface area (Å²) in [5.41, 5.74) is -1.73. The van der Waals surface area contributed by atoms with Crippen LogP contribution in [-0.4, -0.2) is 28.0 Å². The van der Waals surface area contributed by atoms with Crippen molar-refractivity contribution >= 4 is 50.0 Å². The number of benzene rings is 2. The lowest BCUT2D eigenvalue weighted by atomic mass is 10.2. The second kappa shape index (κ2) is 9.05. The Hall–Kier alpha value is -3.47. The Morgan fingerprint density at radius 2 is 1.59 bits per heavy atom. The zero-order chi connectivity index (χ0) is 24.6. The van der Waals surface area contributed by atoms with Crippen molar-refractivity contribution in [2.75, 3.05) is 5.01 Å². The van der Waals surface area contributed by atoms with Gasteiger partial charge in [0, 0.05) is 29.4 Å². The Labute approximate surface area is 203 Å². The molecule has 2 aromatic heterocycles. The fourth-order valence-electron chi connectivity index (χ4n) is 3.39. The van der Waals surface area contributed by atoms with Gasteiger partial charge in [-0.15, -0.1) is 3.97 Å². The predicted molar refractivity (Wildman–Crippen MR) is 128 cm³/mol. The van der Waals surface area contributed by atoms with Gasteiger partial charge in [0.2, 0.25) is 5.91 Å². The highest BCUT2D eigenvalue weighted by atomic mass is 35.5. The molecule has 0 spiro atoms. The maximum atomic E-state index is 13.6. The van der Waals surface area contributed by atoms with Gasteiger partial charge in [-0.1, -0.05) is 23.2 Å². The second-order valence-corrected chi connectivity index (χ2v) is 9.88. The summed E-state index contributed by atoms with van der Waals surface area (Å²) in [5.74, 6) is -0.575. The van der Waals surface area contributed by atoms with Crippen LogP contribution in [0.4, 0.5) is 0 Å². The minimum Gasteiger partial charge on any atom is -0.273 e. The number of hydrogen-bond donors (Lipinski definition) is 0. The van der Waals surface area contributed by atoms with Crippen molar-refractivity contribution in [1.29, 1.82) is 0 Å². The lowest BCUT2D eigenvalue weighted by Crippen LogP contribution is -2.52. The average Bonchev–Trinajstić information content (AvgIpc) is 2.79. The lowest BCUT2D eigenvalue weighted by Gasteiger charge is -2.25. The molecule has 0 bridgehead atoms. The average molecular weight is 519 g/mol. The SMILES string of the molecule is CC(=O)N(Cc1ccncc1)n1c(=O)n(S(=O)(=O)c2ccc(Cl)cc2)c(=O)c2ccc(Cl)cc21. The van der Waals surface area contributed by atoms with Crippen LogP contribution >= 0.6 is 23.2 Å². The molecule has 0 atom stereocenters. The number of pyridine rings is 1. The van der Waals surface area contributed by atoms with Crippen LogP contribution in [0.15, 0.2) is 81.5 Å². The third-order valence-corrected chi connectivity index (χ3v) is 7.15. The van der Waals surface area contributed by atoms with Gasteiger partial charge in [-0.05, 0) is 60.2 Å². The lowest BCUT2D eigenvalue weighted by molar-refractivity contribution is -0.118. The van der Waals surface area contributed by atoms with Crippen LogP contribution in [0.1, 0.15) is 12.5 Å². The summed E-state index contributed by atoms with van der Waals surface area (Å²) in [5, 5.41) is 1.37. The Morgan fingerprint density at radius 1 is 0.971 bits per heavy atom. The predicted octanol–water partition coefficient (Wildman–Crippen LogP) is 2.79. The zero-order valence-corrected chi connectivity index (χ0v) is 19.9. The minimum absolute atomic E-state index is 0.0192. The zero-order valence-electron chi connectivity index (χ0n) is 17.6. The summed E-state index contributed by atoms with van der Waals surface area (Å²) in [6.45, 7) is 1.12. The van der Waals surface area contributed by atoms with E-state index in [1.807, 2.05) is 0 Å². The van der Waals surface area contributed by atoms with E-state index in [0.29, 0.717) is 5.56 Å². The third kappa shape index (κ3) is 4.23. The largest absolute Gasteiger partial charge is 0.365 e. The molecule has 0 aliphatic heterocycles. The smallest absolute Gasteiger partial charge is 0.273 e. The highest BCUT2D eigenvalue weighted by Gasteiger charge is 2.28. The van der Waals surface area contributed by atoms with E-state index in [9.17, 15) is 22.8 Å². The molecule has 0 saturated heterocycles. The van der Waals surface area contributed by atoms with Gasteiger partial charge in [-0.3, -0.25) is 14.6 Å². The van der Waals surface area contributed by atoms with Crippen LogP contribution in [0.2, 0.25) is 10.0 Å². The maximum Gasteiger partial charge on any atom is 0.365 e. The number of carbonyl (C=O) groups is 1. The van der Waals surface area contributed by atoms with Crippen molar-refractivity contribution in [2.45, 2.75) is 18.4 Å². The van der Waals surface area contributed by atoms with E-state index in [1.54, 1.807) is 12.1 Å². The number of nitrogens with zero attached hydrogens (tertiary/aromatic N) is 4. The molecular formula is C22H16Cl2N4O5S. The molecule has 4 aromatic rings. The standard InChI is InChI=1S/C22H16Cl2N4O5S/c1-14(29)26(13-15-8-10-25-11-9-15)27-20-12-17(24)4-7-19(20)21(30)28(22(27)31)34(32,33)18-5-2-16(23)3-6-18/h2-12H,13H2,1H3. The van der Waals surface area contributed by atoms with Gasteiger partial charge >= 0.3 is 5.69 Å². The monoisotopic (exact) mass is 518 g/mol. The van der Waals surface area contributed by atoms with Gasteiger partial charge in [-0.25, -0.2) is 18.2 Å². The van der Waals surface area contributed by atoms with Crippen molar-refractivity contribution in [3.8, 4) is 0 Å². The number of aromatic nitrogens is 3. The summed E-state index contributed by atoms with van der Waals surface area (Å²) < 4.78 is 27.7. The van der Waals surface area contributed by atoms with Crippen molar-refractivity contribution in [3.63, 3.8) is 0 Å². The van der Waals surface area contributed by atoms with Gasteiger partial charge in [0.25, 0.3) is 15.6 Å². The third-order valence-electron chi connectivity index (χ3n) is 5.00. The molecule has 9 nitrogen and oxygen atoms in total. The van der Waals surface area contributed by atoms with E-state index >= 15 is 0 Å². The molecule has 4 rings (SSSR count). The van der Waals surface area contributed by atoms with E-state index in [2.05, 4.69) is 4.98 Å². The first-order valence-electron chi connectivity index (χ1n) is 9.77. The molecule has 0 aliphatic carbocycles. The van der Waals surface area contributed by atoms with Crippen molar-refractivity contribution in [3.05, 3.63) is 103 Å². The molecule has 0 N–H and O–H groups in total. The maximum absolute atomic E-state index is 13.6. The van der Waals surface area contributed by atoms with Crippen LogP contribution < -0.4 is 16.3 Å². The molecule has 0 saturated carbocycles. The van der Waals surface area contributed by atoms with Gasteiger partial charge in [-0.2, -0.15) is 4.68 Å². The molecule has 2 heterocycles. The summed E-state index contributed by atoms with van der Waals surface area (Å²) >= 11 is 12.0. The van der Waals surface area contributed by atoms with Crippen LogP contribution in [0.5, 0.6) is 0 Å². The number of halogens is 2. The number of fused-ring (bicyclic) bond motifs is 1. The molecule has 0 aliphatic rings. The van der Waals surface area contributed by atoms with Gasteiger partial charge in [0.15, 0.2) is 0 Å². The van der Waals surface area contributed by atoms with Crippen LogP contribution in [0.3, 0.4) is 0 Å². The Bertz CT molecular complexity index is 1630. The summed E-state index contributed by atoms with van der Waals surface area (Å²) in [6.07, 6.45) is 3.02. The normalized spacial score (nSPS) is 11.5. The summed E-state index contributed by atoms with van der Waals surface area (Å²) in [7, 11) is -4.64. The van der Waals surface area contributed by atoms with Crippen molar-refractivity contribution < 1.29 is 13.2 Å². The number of hydrogen-bond acceptors (Lipinski definition) is 6. The number of amides is 1. The highest BCUT2D eigenvalue weighted by Crippen LogP contribution is 2.19. The first-order chi connectivity index (χ1) is 16.1. The Kier molecular flexibility index (Phi) is 6.30. The summed E-state index contributed by atoms with van der Waals surface area (Å²) in [4.78, 5) is 43.1. The molecule has 12 heteroatoms. The first-order valence-corrected chi connectivity index (χ1v) is 12.0. The number of carbonyl (C=O) groups excluding carboxylic acids is 1. The Morgan fingerprint density at radius 3 is 2.21 bits per heavy atom. The molecule has 1 amide bonds. The van der Waals surface area contributed by atoms with E-state index in [4.69, 9.17) is 23.2 Å². The molecule has 174 valence electrons. The van der Waals surface area contributed by atoms with Crippen molar-refractivity contribution in [2.24, 2.45) is 0 Å². The van der Waals surface area contributed by atoms with Gasteiger partial charge in [0.05, 0.1) is 22.3 Å². The highest BCUT2D eigenvalue weighted by molar-refractivity contribution is 7.90. The topological polar surface area (TPSA) is 111 Å². The molecule has 34 heavy (non-hydrogen) atoms. The molecular weight excluding hydrogens is 503 g/mol. The van der Waals surface area contributed by atoms with E-state index in [1.165, 1.54) is 61.8 Å². The van der Waals surface area contributed by atoms with Crippen molar-refractivity contribution in [1.82, 2.24) is 13.6 Å².